The zero-order chi connectivity index (χ0) is 25.2. The van der Waals surface area contributed by atoms with Gasteiger partial charge in [0, 0.05) is 24.7 Å². The Morgan fingerprint density at radius 2 is 1.74 bits per heavy atom. The van der Waals surface area contributed by atoms with Gasteiger partial charge in [-0.1, -0.05) is 30.3 Å². The van der Waals surface area contributed by atoms with E-state index >= 15 is 0 Å². The topological polar surface area (TPSA) is 108 Å². The summed E-state index contributed by atoms with van der Waals surface area (Å²) in [6, 6.07) is 12.7. The predicted octanol–water partition coefficient (Wildman–Crippen LogP) is 4.11. The van der Waals surface area contributed by atoms with Crippen LogP contribution in [0.1, 0.15) is 50.8 Å². The molecule has 2 N–H and O–H groups in total. The van der Waals surface area contributed by atoms with E-state index in [0.29, 0.717) is 31.5 Å². The van der Waals surface area contributed by atoms with E-state index in [2.05, 4.69) is 5.32 Å². The summed E-state index contributed by atoms with van der Waals surface area (Å²) < 4.78 is 10.7. The van der Waals surface area contributed by atoms with Crippen molar-refractivity contribution < 1.29 is 29.0 Å². The zero-order valence-corrected chi connectivity index (χ0v) is 20.2. The maximum atomic E-state index is 13.5. The third-order valence-corrected chi connectivity index (χ3v) is 6.07. The normalized spacial score (nSPS) is 17.3. The van der Waals surface area contributed by atoms with Gasteiger partial charge in [0.2, 0.25) is 5.91 Å². The minimum Gasteiger partial charge on any atom is -0.508 e. The summed E-state index contributed by atoms with van der Waals surface area (Å²) in [6.07, 6.45) is 0.0712. The van der Waals surface area contributed by atoms with Crippen LogP contribution in [-0.2, 0) is 20.9 Å². The number of alkyl carbamates (subject to hydrolysis) is 1. The molecule has 2 heterocycles. The standard InChI is InChI=1S/C26H31N3O6/c1-26(2,3)35-24(32)27-22(17-8-10-20(30)11-9-17)23(31)28-14-12-19(13-15-28)29-21-7-5-4-6-18(21)16-34-25(29)33/h4-11,19,22,30H,12-16H2,1-3H3,(H,27,32). The average Bonchev–Trinajstić information content (AvgIpc) is 2.82. The van der Waals surface area contributed by atoms with Gasteiger partial charge in [0.15, 0.2) is 0 Å². The van der Waals surface area contributed by atoms with Crippen molar-refractivity contribution in [3.63, 3.8) is 0 Å². The second-order valence-corrected chi connectivity index (χ2v) is 9.78. The molecule has 9 heteroatoms. The van der Waals surface area contributed by atoms with E-state index in [1.807, 2.05) is 24.3 Å². The van der Waals surface area contributed by atoms with E-state index in [-0.39, 0.29) is 30.4 Å². The number of amides is 3. The lowest BCUT2D eigenvalue weighted by molar-refractivity contribution is -0.134. The number of ether oxygens (including phenoxy) is 2. The third-order valence-electron chi connectivity index (χ3n) is 6.07. The summed E-state index contributed by atoms with van der Waals surface area (Å²) in [4.78, 5) is 42.0. The molecular formula is C26H31N3O6. The number of aromatic hydroxyl groups is 1. The molecule has 0 saturated carbocycles. The van der Waals surface area contributed by atoms with Gasteiger partial charge in [-0.05, 0) is 57.4 Å². The van der Waals surface area contributed by atoms with E-state index in [0.717, 1.165) is 11.3 Å². The third kappa shape index (κ3) is 5.67. The number of anilines is 1. The quantitative estimate of drug-likeness (QED) is 0.681. The number of likely N-dealkylation sites (tertiary alicyclic amines) is 1. The van der Waals surface area contributed by atoms with Crippen LogP contribution < -0.4 is 10.2 Å². The lowest BCUT2D eigenvalue weighted by Crippen LogP contribution is -2.52. The fourth-order valence-corrected chi connectivity index (χ4v) is 4.43. The van der Waals surface area contributed by atoms with Gasteiger partial charge >= 0.3 is 12.2 Å². The van der Waals surface area contributed by atoms with Gasteiger partial charge in [-0.2, -0.15) is 0 Å². The summed E-state index contributed by atoms with van der Waals surface area (Å²) in [5, 5.41) is 12.3. The summed E-state index contributed by atoms with van der Waals surface area (Å²) in [5.41, 5.74) is 1.63. The van der Waals surface area contributed by atoms with Crippen LogP contribution in [0.5, 0.6) is 5.75 Å². The predicted molar refractivity (Wildman–Crippen MR) is 129 cm³/mol. The van der Waals surface area contributed by atoms with Crippen LogP contribution in [-0.4, -0.2) is 52.8 Å². The number of phenolic OH excluding ortho intramolecular Hbond substituents is 1. The van der Waals surface area contributed by atoms with Gasteiger partial charge in [-0.3, -0.25) is 9.69 Å². The Kier molecular flexibility index (Phi) is 6.86. The molecule has 4 rings (SSSR count). The van der Waals surface area contributed by atoms with Crippen molar-refractivity contribution in [3.8, 4) is 5.75 Å². The molecule has 1 saturated heterocycles. The molecule has 0 bridgehead atoms. The number of piperidine rings is 1. The summed E-state index contributed by atoms with van der Waals surface area (Å²) >= 11 is 0. The van der Waals surface area contributed by atoms with Gasteiger partial charge in [0.1, 0.15) is 24.0 Å². The zero-order valence-electron chi connectivity index (χ0n) is 20.2. The first-order valence-electron chi connectivity index (χ1n) is 11.7. The van der Waals surface area contributed by atoms with Crippen LogP contribution in [0.15, 0.2) is 48.5 Å². The molecule has 2 aliphatic heterocycles. The average molecular weight is 482 g/mol. The highest BCUT2D eigenvalue weighted by molar-refractivity contribution is 5.91. The van der Waals surface area contributed by atoms with Gasteiger partial charge < -0.3 is 24.8 Å². The number of cyclic esters (lactones) is 1. The van der Waals surface area contributed by atoms with Crippen LogP contribution in [0.25, 0.3) is 0 Å². The number of carbonyl (C=O) groups excluding carboxylic acids is 3. The Bertz CT molecular complexity index is 1090. The molecule has 3 amide bonds. The smallest absolute Gasteiger partial charge is 0.414 e. The molecule has 2 aliphatic rings. The minimum absolute atomic E-state index is 0.0618. The molecule has 0 spiro atoms. The van der Waals surface area contributed by atoms with Crippen LogP contribution in [0.4, 0.5) is 15.3 Å². The Hall–Kier alpha value is -3.75. The molecule has 0 aliphatic carbocycles. The molecule has 1 unspecified atom stereocenters. The number of nitrogens with one attached hydrogen (secondary N) is 1. The van der Waals surface area contributed by atoms with E-state index < -0.39 is 17.7 Å². The van der Waals surface area contributed by atoms with Crippen molar-refractivity contribution in [2.75, 3.05) is 18.0 Å². The monoisotopic (exact) mass is 481 g/mol. The number of benzene rings is 2. The van der Waals surface area contributed by atoms with Crippen molar-refractivity contribution in [1.29, 1.82) is 0 Å². The van der Waals surface area contributed by atoms with Crippen LogP contribution in [0, 0.1) is 0 Å². The molecule has 35 heavy (non-hydrogen) atoms. The molecule has 186 valence electrons. The number of para-hydroxylation sites is 1. The fourth-order valence-electron chi connectivity index (χ4n) is 4.43. The van der Waals surface area contributed by atoms with Crippen LogP contribution in [0.2, 0.25) is 0 Å². The minimum atomic E-state index is -0.970. The fraction of sp³-hybridized carbons (Fsp3) is 0.423. The molecule has 9 nitrogen and oxygen atoms in total. The lowest BCUT2D eigenvalue weighted by atomic mass is 9.99. The highest BCUT2D eigenvalue weighted by Crippen LogP contribution is 2.32. The van der Waals surface area contributed by atoms with Crippen molar-refractivity contribution in [2.45, 2.75) is 57.9 Å². The Labute approximate surface area is 204 Å². The number of hydrogen-bond donors (Lipinski definition) is 2. The SMILES string of the molecule is CC(C)(C)OC(=O)NC(C(=O)N1CCC(N2C(=O)OCc3ccccc32)CC1)c1ccc(O)cc1. The lowest BCUT2D eigenvalue weighted by Gasteiger charge is -2.41. The number of rotatable bonds is 4. The number of hydrogen-bond acceptors (Lipinski definition) is 6. The van der Waals surface area contributed by atoms with Gasteiger partial charge in [-0.15, -0.1) is 0 Å². The highest BCUT2D eigenvalue weighted by Gasteiger charge is 2.37. The maximum Gasteiger partial charge on any atom is 0.414 e. The van der Waals surface area contributed by atoms with Crippen molar-refractivity contribution >= 4 is 23.8 Å². The Morgan fingerprint density at radius 3 is 2.40 bits per heavy atom. The molecule has 1 fully saturated rings. The first kappa shape index (κ1) is 24.4. The molecule has 2 aromatic rings. The maximum absolute atomic E-state index is 13.5. The van der Waals surface area contributed by atoms with Crippen molar-refractivity contribution in [1.82, 2.24) is 10.2 Å². The van der Waals surface area contributed by atoms with Gasteiger partial charge in [-0.25, -0.2) is 9.59 Å². The van der Waals surface area contributed by atoms with Crippen LogP contribution in [0.3, 0.4) is 0 Å². The van der Waals surface area contributed by atoms with Crippen LogP contribution >= 0.6 is 0 Å². The van der Waals surface area contributed by atoms with E-state index in [1.165, 1.54) is 12.1 Å². The molecular weight excluding hydrogens is 450 g/mol. The highest BCUT2D eigenvalue weighted by atomic mass is 16.6. The number of fused-ring (bicyclic) bond motifs is 1. The summed E-state index contributed by atoms with van der Waals surface area (Å²) in [6.45, 7) is 6.34. The van der Waals surface area contributed by atoms with E-state index in [9.17, 15) is 19.5 Å². The number of phenols is 1. The molecule has 0 radical (unpaired) electrons. The Balaban J connectivity index is 1.48. The Morgan fingerprint density at radius 1 is 1.09 bits per heavy atom. The first-order valence-corrected chi connectivity index (χ1v) is 11.7. The van der Waals surface area contributed by atoms with Gasteiger partial charge in [0.05, 0.1) is 5.69 Å². The van der Waals surface area contributed by atoms with E-state index in [4.69, 9.17) is 9.47 Å². The van der Waals surface area contributed by atoms with Crippen molar-refractivity contribution in [3.05, 3.63) is 59.7 Å². The number of nitrogens with zero attached hydrogens (tertiary/aromatic N) is 2. The van der Waals surface area contributed by atoms with Gasteiger partial charge in [0.25, 0.3) is 0 Å². The second-order valence-electron chi connectivity index (χ2n) is 9.78. The summed E-state index contributed by atoms with van der Waals surface area (Å²) in [5.74, 6) is -0.214. The number of carbonyl (C=O) groups is 3. The molecule has 0 aromatic heterocycles. The second kappa shape index (κ2) is 9.85. The van der Waals surface area contributed by atoms with E-state index in [1.54, 1.807) is 42.7 Å². The van der Waals surface area contributed by atoms with Crippen molar-refractivity contribution in [2.24, 2.45) is 0 Å². The molecule has 2 aromatic carbocycles. The molecule has 1 atom stereocenters. The largest absolute Gasteiger partial charge is 0.508 e. The first-order chi connectivity index (χ1) is 16.6. The summed E-state index contributed by atoms with van der Waals surface area (Å²) in [7, 11) is 0.